The maximum atomic E-state index is 12.1. The predicted molar refractivity (Wildman–Crippen MR) is 103 cm³/mol. The van der Waals surface area contributed by atoms with Crippen molar-refractivity contribution < 1.29 is 4.79 Å². The molecule has 0 aliphatic carbocycles. The molecule has 1 N–H and O–H groups in total. The number of hydrazone groups is 1. The van der Waals surface area contributed by atoms with Gasteiger partial charge < -0.3 is 0 Å². The van der Waals surface area contributed by atoms with Crippen molar-refractivity contribution in [2.45, 2.75) is 6.92 Å². The van der Waals surface area contributed by atoms with Crippen LogP contribution in [-0.4, -0.2) is 11.6 Å². The van der Waals surface area contributed by atoms with Crippen molar-refractivity contribution in [1.82, 2.24) is 5.43 Å². The standard InChI is InChI=1S/C21H17ClN2O/c1-15(23-24-21(25)19-11-13-20(22)14-12-19)16-7-9-18(10-8-16)17-5-3-2-4-6-17/h2-14H,1H3,(H,24,25). The lowest BCUT2D eigenvalue weighted by molar-refractivity contribution is 0.0955. The van der Waals surface area contributed by atoms with Gasteiger partial charge in [-0.15, -0.1) is 0 Å². The van der Waals surface area contributed by atoms with Crippen LogP contribution in [0.5, 0.6) is 0 Å². The molecule has 124 valence electrons. The van der Waals surface area contributed by atoms with Crippen LogP contribution in [0, 0.1) is 0 Å². The van der Waals surface area contributed by atoms with E-state index < -0.39 is 0 Å². The number of carbonyl (C=O) groups excluding carboxylic acids is 1. The van der Waals surface area contributed by atoms with Gasteiger partial charge in [0.25, 0.3) is 5.91 Å². The van der Waals surface area contributed by atoms with Crippen LogP contribution in [0.2, 0.25) is 5.02 Å². The number of amides is 1. The van der Waals surface area contributed by atoms with Crippen LogP contribution in [-0.2, 0) is 0 Å². The van der Waals surface area contributed by atoms with Crippen molar-refractivity contribution in [3.05, 3.63) is 95.0 Å². The normalized spacial score (nSPS) is 11.2. The van der Waals surface area contributed by atoms with Crippen LogP contribution in [0.4, 0.5) is 0 Å². The summed E-state index contributed by atoms with van der Waals surface area (Å²) >= 11 is 5.82. The molecule has 0 aliphatic heterocycles. The van der Waals surface area contributed by atoms with Crippen LogP contribution >= 0.6 is 11.6 Å². The molecule has 0 radical (unpaired) electrons. The smallest absolute Gasteiger partial charge is 0.267 e. The fraction of sp³-hybridized carbons (Fsp3) is 0.0476. The zero-order valence-corrected chi connectivity index (χ0v) is 14.5. The quantitative estimate of drug-likeness (QED) is 0.513. The van der Waals surface area contributed by atoms with Gasteiger partial charge >= 0.3 is 0 Å². The summed E-state index contributed by atoms with van der Waals surface area (Å²) in [6.07, 6.45) is 0. The molecular formula is C21H17ClN2O. The highest BCUT2D eigenvalue weighted by atomic mass is 35.5. The van der Waals surface area contributed by atoms with Crippen molar-refractivity contribution in [3.8, 4) is 11.1 Å². The third-order valence-corrected chi connectivity index (χ3v) is 4.09. The van der Waals surface area contributed by atoms with E-state index in [1.807, 2.05) is 49.4 Å². The van der Waals surface area contributed by atoms with Crippen LogP contribution in [0.3, 0.4) is 0 Å². The molecule has 0 aliphatic rings. The summed E-state index contributed by atoms with van der Waals surface area (Å²) < 4.78 is 0. The van der Waals surface area contributed by atoms with E-state index in [1.54, 1.807) is 24.3 Å². The maximum Gasteiger partial charge on any atom is 0.271 e. The van der Waals surface area contributed by atoms with Crippen molar-refractivity contribution in [2.75, 3.05) is 0 Å². The average Bonchev–Trinajstić information content (AvgIpc) is 2.67. The molecule has 25 heavy (non-hydrogen) atoms. The first-order valence-corrected chi connectivity index (χ1v) is 8.27. The van der Waals surface area contributed by atoms with Crippen molar-refractivity contribution >= 4 is 23.2 Å². The highest BCUT2D eigenvalue weighted by Crippen LogP contribution is 2.19. The number of nitrogens with zero attached hydrogens (tertiary/aromatic N) is 1. The third-order valence-electron chi connectivity index (χ3n) is 3.84. The van der Waals surface area contributed by atoms with E-state index in [-0.39, 0.29) is 5.91 Å². The summed E-state index contributed by atoms with van der Waals surface area (Å²) in [5, 5.41) is 4.77. The summed E-state index contributed by atoms with van der Waals surface area (Å²) in [4.78, 5) is 12.1. The Balaban J connectivity index is 1.70. The molecule has 0 heterocycles. The monoisotopic (exact) mass is 348 g/mol. The first kappa shape index (κ1) is 16.9. The molecular weight excluding hydrogens is 332 g/mol. The van der Waals surface area contributed by atoms with Gasteiger partial charge in [-0.25, -0.2) is 5.43 Å². The second-order valence-corrected chi connectivity index (χ2v) is 6.02. The van der Waals surface area contributed by atoms with E-state index >= 15 is 0 Å². The highest BCUT2D eigenvalue weighted by molar-refractivity contribution is 6.30. The van der Waals surface area contributed by atoms with Crippen LogP contribution in [0.25, 0.3) is 11.1 Å². The number of benzene rings is 3. The molecule has 3 nitrogen and oxygen atoms in total. The molecule has 0 unspecified atom stereocenters. The molecule has 0 spiro atoms. The topological polar surface area (TPSA) is 41.5 Å². The van der Waals surface area contributed by atoms with Gasteiger partial charge in [-0.2, -0.15) is 5.10 Å². The zero-order chi connectivity index (χ0) is 17.6. The average molecular weight is 349 g/mol. The first-order chi connectivity index (χ1) is 12.1. The van der Waals surface area contributed by atoms with E-state index in [2.05, 4.69) is 22.7 Å². The summed E-state index contributed by atoms with van der Waals surface area (Å²) in [6.45, 7) is 1.86. The lowest BCUT2D eigenvalue weighted by Crippen LogP contribution is -2.19. The first-order valence-electron chi connectivity index (χ1n) is 7.89. The number of hydrogen-bond donors (Lipinski definition) is 1. The maximum absolute atomic E-state index is 12.1. The summed E-state index contributed by atoms with van der Waals surface area (Å²) in [5.41, 5.74) is 7.08. The Bertz CT molecular complexity index is 885. The summed E-state index contributed by atoms with van der Waals surface area (Å²) in [7, 11) is 0. The van der Waals surface area contributed by atoms with Gasteiger partial charge in [0.15, 0.2) is 0 Å². The van der Waals surface area contributed by atoms with Gasteiger partial charge in [0, 0.05) is 10.6 Å². The largest absolute Gasteiger partial charge is 0.271 e. The van der Waals surface area contributed by atoms with Gasteiger partial charge in [-0.3, -0.25) is 4.79 Å². The lowest BCUT2D eigenvalue weighted by Gasteiger charge is -2.05. The minimum Gasteiger partial charge on any atom is -0.267 e. The Labute approximate surface area is 152 Å². The Hall–Kier alpha value is -2.91. The summed E-state index contributed by atoms with van der Waals surface area (Å²) in [6, 6.07) is 24.9. The molecule has 0 bridgehead atoms. The molecule has 3 aromatic carbocycles. The molecule has 4 heteroatoms. The third kappa shape index (κ3) is 4.34. The highest BCUT2D eigenvalue weighted by Gasteiger charge is 2.05. The molecule has 1 amide bonds. The Kier molecular flexibility index (Phi) is 5.26. The zero-order valence-electron chi connectivity index (χ0n) is 13.7. The Morgan fingerprint density at radius 3 is 2.00 bits per heavy atom. The molecule has 0 fully saturated rings. The second kappa shape index (κ2) is 7.77. The number of carbonyl (C=O) groups is 1. The molecule has 0 saturated carbocycles. The van der Waals surface area contributed by atoms with E-state index in [0.29, 0.717) is 10.6 Å². The SMILES string of the molecule is CC(=NNC(=O)c1ccc(Cl)cc1)c1ccc(-c2ccccc2)cc1. The number of halogens is 1. The predicted octanol–water partition coefficient (Wildman–Crippen LogP) is 5.16. The van der Waals surface area contributed by atoms with Gasteiger partial charge in [-0.1, -0.05) is 66.2 Å². The minimum absolute atomic E-state index is 0.267. The molecule has 3 rings (SSSR count). The van der Waals surface area contributed by atoms with E-state index in [1.165, 1.54) is 5.56 Å². The van der Waals surface area contributed by atoms with E-state index in [0.717, 1.165) is 16.8 Å². The van der Waals surface area contributed by atoms with Gasteiger partial charge in [0.05, 0.1) is 5.71 Å². The molecule has 0 aromatic heterocycles. The van der Waals surface area contributed by atoms with Crippen molar-refractivity contribution in [1.29, 1.82) is 0 Å². The minimum atomic E-state index is -0.267. The molecule has 0 saturated heterocycles. The van der Waals surface area contributed by atoms with E-state index in [9.17, 15) is 4.79 Å². The Morgan fingerprint density at radius 2 is 1.36 bits per heavy atom. The van der Waals surface area contributed by atoms with Gasteiger partial charge in [-0.05, 0) is 47.9 Å². The van der Waals surface area contributed by atoms with Gasteiger partial charge in [0.1, 0.15) is 0 Å². The van der Waals surface area contributed by atoms with Crippen molar-refractivity contribution in [3.63, 3.8) is 0 Å². The fourth-order valence-electron chi connectivity index (χ4n) is 2.40. The molecule has 0 atom stereocenters. The summed E-state index contributed by atoms with van der Waals surface area (Å²) in [5.74, 6) is -0.267. The van der Waals surface area contributed by atoms with E-state index in [4.69, 9.17) is 11.6 Å². The van der Waals surface area contributed by atoms with Crippen LogP contribution in [0.15, 0.2) is 84.0 Å². The fourth-order valence-corrected chi connectivity index (χ4v) is 2.53. The van der Waals surface area contributed by atoms with Crippen LogP contribution < -0.4 is 5.43 Å². The van der Waals surface area contributed by atoms with Gasteiger partial charge in [0.2, 0.25) is 0 Å². The lowest BCUT2D eigenvalue weighted by atomic mass is 10.0. The van der Waals surface area contributed by atoms with Crippen molar-refractivity contribution in [2.24, 2.45) is 5.10 Å². The number of rotatable bonds is 4. The molecule has 3 aromatic rings. The second-order valence-electron chi connectivity index (χ2n) is 5.59. The number of nitrogens with one attached hydrogen (secondary N) is 1. The van der Waals surface area contributed by atoms with Crippen LogP contribution in [0.1, 0.15) is 22.8 Å². The number of hydrogen-bond acceptors (Lipinski definition) is 2. The Morgan fingerprint density at radius 1 is 0.800 bits per heavy atom.